The number of nitriles is 1. The highest BCUT2D eigenvalue weighted by atomic mass is 32.2. The number of anilines is 1. The third-order valence-corrected chi connectivity index (χ3v) is 3.85. The molecule has 0 aliphatic heterocycles. The first-order chi connectivity index (χ1) is 9.69. The standard InChI is InChI=1S/C15H14N2O2S/c1-11(20-10-14-6-3-7-19-14)15(18)17-13-5-2-4-12(8-13)9-16/h2-8,11H,10H2,1H3,(H,17,18)/t11-/m1/s1. The summed E-state index contributed by atoms with van der Waals surface area (Å²) >= 11 is 1.50. The van der Waals surface area contributed by atoms with Gasteiger partial charge in [-0.1, -0.05) is 6.07 Å². The van der Waals surface area contributed by atoms with Gasteiger partial charge in [-0.2, -0.15) is 5.26 Å². The Morgan fingerprint density at radius 1 is 1.45 bits per heavy atom. The van der Waals surface area contributed by atoms with Crippen LogP contribution in [-0.2, 0) is 10.5 Å². The molecule has 0 fully saturated rings. The normalized spacial score (nSPS) is 11.6. The Kier molecular flexibility index (Phi) is 4.85. The molecule has 1 amide bonds. The van der Waals surface area contributed by atoms with Gasteiger partial charge in [-0.25, -0.2) is 0 Å². The number of carbonyl (C=O) groups excluding carboxylic acids is 1. The third-order valence-electron chi connectivity index (χ3n) is 2.68. The number of nitrogens with one attached hydrogen (secondary N) is 1. The quantitative estimate of drug-likeness (QED) is 0.914. The van der Waals surface area contributed by atoms with Crippen LogP contribution in [0, 0.1) is 11.3 Å². The molecule has 0 bridgehead atoms. The van der Waals surface area contributed by atoms with Crippen LogP contribution >= 0.6 is 11.8 Å². The van der Waals surface area contributed by atoms with Gasteiger partial charge in [0.15, 0.2) is 0 Å². The first-order valence-corrected chi connectivity index (χ1v) is 7.19. The molecule has 102 valence electrons. The van der Waals surface area contributed by atoms with Crippen molar-refractivity contribution in [2.45, 2.75) is 17.9 Å². The Morgan fingerprint density at radius 2 is 2.30 bits per heavy atom. The first-order valence-electron chi connectivity index (χ1n) is 6.14. The molecule has 2 rings (SSSR count). The summed E-state index contributed by atoms with van der Waals surface area (Å²) in [4.78, 5) is 12.0. The van der Waals surface area contributed by atoms with E-state index in [0.29, 0.717) is 17.0 Å². The van der Waals surface area contributed by atoms with Gasteiger partial charge in [-0.15, -0.1) is 11.8 Å². The summed E-state index contributed by atoms with van der Waals surface area (Å²) in [7, 11) is 0. The Balaban J connectivity index is 1.88. The molecule has 0 saturated heterocycles. The number of benzene rings is 1. The van der Waals surface area contributed by atoms with E-state index in [1.165, 1.54) is 11.8 Å². The van der Waals surface area contributed by atoms with Gasteiger partial charge in [-0.05, 0) is 37.3 Å². The molecule has 1 aromatic heterocycles. The molecule has 0 saturated carbocycles. The topological polar surface area (TPSA) is 66.0 Å². The third kappa shape index (κ3) is 3.90. The van der Waals surface area contributed by atoms with Crippen molar-refractivity contribution in [1.29, 1.82) is 5.26 Å². The van der Waals surface area contributed by atoms with Gasteiger partial charge in [0.1, 0.15) is 5.76 Å². The number of amides is 1. The molecule has 1 aromatic carbocycles. The number of thioether (sulfide) groups is 1. The summed E-state index contributed by atoms with van der Waals surface area (Å²) in [6, 6.07) is 12.6. The maximum absolute atomic E-state index is 12.0. The molecular formula is C15H14N2O2S. The highest BCUT2D eigenvalue weighted by molar-refractivity contribution is 7.99. The average molecular weight is 286 g/mol. The summed E-state index contributed by atoms with van der Waals surface area (Å²) < 4.78 is 5.22. The van der Waals surface area contributed by atoms with Crippen LogP contribution in [-0.4, -0.2) is 11.2 Å². The van der Waals surface area contributed by atoms with Crippen molar-refractivity contribution in [2.75, 3.05) is 5.32 Å². The zero-order chi connectivity index (χ0) is 14.4. The number of hydrogen-bond donors (Lipinski definition) is 1. The van der Waals surface area contributed by atoms with Crippen molar-refractivity contribution >= 4 is 23.4 Å². The van der Waals surface area contributed by atoms with Crippen LogP contribution in [0.5, 0.6) is 0 Å². The Morgan fingerprint density at radius 3 is 3.00 bits per heavy atom. The minimum atomic E-state index is -0.203. The molecule has 1 heterocycles. The highest BCUT2D eigenvalue weighted by Crippen LogP contribution is 2.19. The van der Waals surface area contributed by atoms with Crippen LogP contribution in [0.2, 0.25) is 0 Å². The summed E-state index contributed by atoms with van der Waals surface area (Å²) in [5, 5.41) is 11.4. The van der Waals surface area contributed by atoms with Crippen molar-refractivity contribution in [3.05, 3.63) is 54.0 Å². The maximum atomic E-state index is 12.0. The molecule has 4 nitrogen and oxygen atoms in total. The number of furan rings is 1. The van der Waals surface area contributed by atoms with Crippen LogP contribution in [0.25, 0.3) is 0 Å². The zero-order valence-electron chi connectivity index (χ0n) is 11.0. The van der Waals surface area contributed by atoms with Crippen molar-refractivity contribution in [2.24, 2.45) is 0 Å². The zero-order valence-corrected chi connectivity index (χ0v) is 11.8. The number of nitrogens with zero attached hydrogens (tertiary/aromatic N) is 1. The predicted molar refractivity (Wildman–Crippen MR) is 79.3 cm³/mol. The SMILES string of the molecule is C[C@@H](SCc1ccco1)C(=O)Nc1cccc(C#N)c1. The van der Waals surface area contributed by atoms with Crippen molar-refractivity contribution in [1.82, 2.24) is 0 Å². The molecule has 1 atom stereocenters. The minimum Gasteiger partial charge on any atom is -0.468 e. The van der Waals surface area contributed by atoms with Crippen molar-refractivity contribution < 1.29 is 9.21 Å². The van der Waals surface area contributed by atoms with E-state index in [1.807, 2.05) is 25.1 Å². The van der Waals surface area contributed by atoms with Crippen LogP contribution in [0.1, 0.15) is 18.2 Å². The lowest BCUT2D eigenvalue weighted by atomic mass is 10.2. The number of hydrogen-bond acceptors (Lipinski definition) is 4. The van der Waals surface area contributed by atoms with Crippen molar-refractivity contribution in [3.63, 3.8) is 0 Å². The van der Waals surface area contributed by atoms with E-state index >= 15 is 0 Å². The summed E-state index contributed by atoms with van der Waals surface area (Å²) in [6.45, 7) is 1.84. The van der Waals surface area contributed by atoms with Gasteiger partial charge in [0.2, 0.25) is 5.91 Å². The monoisotopic (exact) mass is 286 g/mol. The van der Waals surface area contributed by atoms with E-state index in [-0.39, 0.29) is 11.2 Å². The average Bonchev–Trinajstić information content (AvgIpc) is 2.98. The van der Waals surface area contributed by atoms with E-state index in [9.17, 15) is 4.79 Å². The summed E-state index contributed by atoms with van der Waals surface area (Å²) in [5.74, 6) is 1.41. The second-order valence-electron chi connectivity index (χ2n) is 4.21. The maximum Gasteiger partial charge on any atom is 0.237 e. The van der Waals surface area contributed by atoms with E-state index < -0.39 is 0 Å². The van der Waals surface area contributed by atoms with Gasteiger partial charge < -0.3 is 9.73 Å². The van der Waals surface area contributed by atoms with Gasteiger partial charge >= 0.3 is 0 Å². The molecule has 1 N–H and O–H groups in total. The fourth-order valence-electron chi connectivity index (χ4n) is 1.59. The van der Waals surface area contributed by atoms with Gasteiger partial charge in [0.25, 0.3) is 0 Å². The van der Waals surface area contributed by atoms with Crippen LogP contribution < -0.4 is 5.32 Å². The smallest absolute Gasteiger partial charge is 0.237 e. The second kappa shape index (κ2) is 6.83. The molecule has 20 heavy (non-hydrogen) atoms. The van der Waals surface area contributed by atoms with Gasteiger partial charge in [-0.3, -0.25) is 4.79 Å². The molecular weight excluding hydrogens is 272 g/mol. The lowest BCUT2D eigenvalue weighted by Crippen LogP contribution is -2.22. The van der Waals surface area contributed by atoms with Crippen LogP contribution in [0.3, 0.4) is 0 Å². The first kappa shape index (κ1) is 14.2. The predicted octanol–water partition coefficient (Wildman–Crippen LogP) is 3.41. The number of carbonyl (C=O) groups is 1. The van der Waals surface area contributed by atoms with Gasteiger partial charge in [0, 0.05) is 5.69 Å². The molecule has 0 aliphatic carbocycles. The fraction of sp³-hybridized carbons (Fsp3) is 0.200. The molecule has 5 heteroatoms. The molecule has 0 aliphatic rings. The van der Waals surface area contributed by atoms with Crippen molar-refractivity contribution in [3.8, 4) is 6.07 Å². The summed E-state index contributed by atoms with van der Waals surface area (Å²) in [5.41, 5.74) is 1.16. The lowest BCUT2D eigenvalue weighted by Gasteiger charge is -2.11. The molecule has 0 radical (unpaired) electrons. The van der Waals surface area contributed by atoms with Crippen LogP contribution in [0.15, 0.2) is 47.1 Å². The molecule has 0 spiro atoms. The van der Waals surface area contributed by atoms with Crippen LogP contribution in [0.4, 0.5) is 5.69 Å². The lowest BCUT2D eigenvalue weighted by molar-refractivity contribution is -0.115. The highest BCUT2D eigenvalue weighted by Gasteiger charge is 2.14. The van der Waals surface area contributed by atoms with E-state index in [2.05, 4.69) is 5.32 Å². The fourth-order valence-corrected chi connectivity index (χ4v) is 2.38. The number of rotatable bonds is 5. The van der Waals surface area contributed by atoms with E-state index in [1.54, 1.807) is 30.5 Å². The minimum absolute atomic E-state index is 0.0864. The Labute approximate surface area is 121 Å². The largest absolute Gasteiger partial charge is 0.468 e. The second-order valence-corrected chi connectivity index (χ2v) is 5.54. The Hall–Kier alpha value is -2.19. The molecule has 0 unspecified atom stereocenters. The molecule has 2 aromatic rings. The van der Waals surface area contributed by atoms with E-state index in [0.717, 1.165) is 5.76 Å². The van der Waals surface area contributed by atoms with Gasteiger partial charge in [0.05, 0.1) is 28.9 Å². The summed E-state index contributed by atoms with van der Waals surface area (Å²) in [6.07, 6.45) is 1.62. The Bertz CT molecular complexity index is 617. The van der Waals surface area contributed by atoms with E-state index in [4.69, 9.17) is 9.68 Å².